The van der Waals surface area contributed by atoms with Crippen molar-refractivity contribution >= 4 is 11.8 Å². The molecule has 0 fully saturated rings. The van der Waals surface area contributed by atoms with Crippen molar-refractivity contribution in [2.45, 2.75) is 37.8 Å². The predicted molar refractivity (Wildman–Crippen MR) is 98.3 cm³/mol. The molecule has 0 amide bonds. The van der Waals surface area contributed by atoms with Crippen LogP contribution >= 0.6 is 0 Å². The first-order valence-electron chi connectivity index (χ1n) is 8.64. The number of allylic oxidation sites excluding steroid dienone is 5. The van der Waals surface area contributed by atoms with Crippen LogP contribution in [0.5, 0.6) is 0 Å². The molecule has 1 heterocycles. The van der Waals surface area contributed by atoms with Crippen LogP contribution in [0.2, 0.25) is 0 Å². The molecule has 0 saturated carbocycles. The smallest absolute Gasteiger partial charge is 1.00 e. The fourth-order valence-electron chi connectivity index (χ4n) is 3.83. The monoisotopic (exact) mass is 551 g/mol. The third-order valence-electron chi connectivity index (χ3n) is 5.31. The Labute approximate surface area is 180 Å². The van der Waals surface area contributed by atoms with Crippen LogP contribution in [0.15, 0.2) is 57.1 Å². The van der Waals surface area contributed by atoms with Gasteiger partial charge in [-0.2, -0.15) is 0 Å². The number of hydrogen-bond acceptors (Lipinski definition) is 0. The van der Waals surface area contributed by atoms with Crippen LogP contribution in [0.1, 0.15) is 46.3 Å². The zero-order chi connectivity index (χ0) is 16.8. The minimum Gasteiger partial charge on any atom is -1.00 e. The van der Waals surface area contributed by atoms with Crippen molar-refractivity contribution in [2.75, 3.05) is 0 Å². The van der Waals surface area contributed by atoms with Gasteiger partial charge < -0.3 is 24.8 Å². The maximum Gasteiger partial charge on any atom is -1.00 e. The van der Waals surface area contributed by atoms with Crippen molar-refractivity contribution in [3.63, 3.8) is 0 Å². The number of halogens is 2. The average molecular weight is 551 g/mol. The molecule has 0 spiro atoms. The zero-order valence-corrected chi connectivity index (χ0v) is 20.7. The first-order valence-corrected chi connectivity index (χ1v) is 12.5. The second-order valence-corrected chi connectivity index (χ2v) is 12.3. The van der Waals surface area contributed by atoms with E-state index < -0.39 is 22.9 Å². The van der Waals surface area contributed by atoms with Crippen LogP contribution in [0.25, 0.3) is 11.8 Å². The van der Waals surface area contributed by atoms with Gasteiger partial charge in [-0.05, 0) is 0 Å². The summed E-state index contributed by atoms with van der Waals surface area (Å²) in [5, 5.41) is 0. The van der Waals surface area contributed by atoms with E-state index in [1.807, 2.05) is 0 Å². The van der Waals surface area contributed by atoms with E-state index in [-0.39, 0.29) is 24.8 Å². The molecule has 4 rings (SSSR count). The summed E-state index contributed by atoms with van der Waals surface area (Å²) in [6, 6.07) is 11.3. The molecule has 0 aliphatic heterocycles. The summed E-state index contributed by atoms with van der Waals surface area (Å²) in [6.45, 7) is 9.02. The van der Waals surface area contributed by atoms with Crippen molar-refractivity contribution in [1.29, 1.82) is 0 Å². The Hall–Kier alpha value is -0.830. The molecule has 0 radical (unpaired) electrons. The van der Waals surface area contributed by atoms with E-state index in [4.69, 9.17) is 0 Å². The minimum absolute atomic E-state index is 0. The summed E-state index contributed by atoms with van der Waals surface area (Å²) in [6.07, 6.45) is 8.37. The molecule has 1 atom stereocenters. The van der Waals surface area contributed by atoms with Crippen molar-refractivity contribution < 1.29 is 47.7 Å². The minimum atomic E-state index is -0.986. The van der Waals surface area contributed by atoms with Crippen molar-refractivity contribution in [3.8, 4) is 0 Å². The average Bonchev–Trinajstić information content (AvgIpc) is 3.19. The van der Waals surface area contributed by atoms with Crippen LogP contribution in [0.3, 0.4) is 0 Å². The summed E-state index contributed by atoms with van der Waals surface area (Å²) in [7, 11) is 0. The quantitative estimate of drug-likeness (QED) is 0.470. The molecule has 2 aliphatic carbocycles. The number of benzene rings is 1. The van der Waals surface area contributed by atoms with Gasteiger partial charge in [0.25, 0.3) is 0 Å². The van der Waals surface area contributed by atoms with E-state index >= 15 is 0 Å². The number of rotatable bonds is 3. The summed E-state index contributed by atoms with van der Waals surface area (Å²) >= 11 is -0.986. The molecule has 0 N–H and O–H groups in total. The van der Waals surface area contributed by atoms with E-state index in [0.29, 0.717) is 3.67 Å². The second kappa shape index (κ2) is 8.46. The normalized spacial score (nSPS) is 17.8. The van der Waals surface area contributed by atoms with Crippen LogP contribution in [0, 0.1) is 13.8 Å². The van der Waals surface area contributed by atoms with Crippen molar-refractivity contribution in [1.82, 2.24) is 4.57 Å². The first kappa shape index (κ1) is 21.5. The molecule has 0 bridgehead atoms. The second-order valence-electron chi connectivity index (χ2n) is 7.00. The van der Waals surface area contributed by atoms with E-state index in [1.165, 1.54) is 34.5 Å². The largest absolute Gasteiger partial charge is 1.00 e. The molecule has 1 nitrogen and oxygen atoms in total. The molecule has 134 valence electrons. The van der Waals surface area contributed by atoms with Crippen LogP contribution in [-0.2, 0) is 22.9 Å². The van der Waals surface area contributed by atoms with E-state index in [0.717, 1.165) is 0 Å². The number of fused-ring (bicyclic) bond motifs is 1. The Morgan fingerprint density at radius 2 is 1.77 bits per heavy atom. The van der Waals surface area contributed by atoms with Gasteiger partial charge in [0.2, 0.25) is 0 Å². The van der Waals surface area contributed by atoms with Gasteiger partial charge in [-0.3, -0.25) is 0 Å². The van der Waals surface area contributed by atoms with Gasteiger partial charge in [-0.1, -0.05) is 0 Å². The third kappa shape index (κ3) is 3.74. The van der Waals surface area contributed by atoms with Gasteiger partial charge in [0.15, 0.2) is 0 Å². The topological polar surface area (TPSA) is 4.93 Å². The van der Waals surface area contributed by atoms with Crippen molar-refractivity contribution in [2.24, 2.45) is 0 Å². The Morgan fingerprint density at radius 1 is 1.04 bits per heavy atom. The fraction of sp³-hybridized carbons (Fsp3) is 0.273. The van der Waals surface area contributed by atoms with E-state index in [1.54, 1.807) is 14.5 Å². The van der Waals surface area contributed by atoms with Gasteiger partial charge in [0.1, 0.15) is 0 Å². The molecule has 1 unspecified atom stereocenters. The Morgan fingerprint density at radius 3 is 2.38 bits per heavy atom. The van der Waals surface area contributed by atoms with Gasteiger partial charge in [-0.25, -0.2) is 0 Å². The first-order chi connectivity index (χ1) is 11.5. The van der Waals surface area contributed by atoms with Crippen LogP contribution in [-0.4, -0.2) is 4.57 Å². The SMILES string of the molecule is CC1=CC[C]([Hf+2][CH]2C(n3cc(C)cc3C)=Cc3ccccc32)=C1C.[Cl-].[Cl-]. The summed E-state index contributed by atoms with van der Waals surface area (Å²) in [4.78, 5) is 0. The summed E-state index contributed by atoms with van der Waals surface area (Å²) in [5.74, 6) is 0. The predicted octanol–water partition coefficient (Wildman–Crippen LogP) is -0.128. The molecular formula is C22H23Cl2HfN. The molecule has 2 aromatic rings. The molecule has 0 saturated heterocycles. The molecule has 2 aliphatic rings. The Balaban J connectivity index is 0.00000121. The maximum absolute atomic E-state index is 2.44. The third-order valence-corrected chi connectivity index (χ3v) is 11.9. The van der Waals surface area contributed by atoms with Gasteiger partial charge in [0.05, 0.1) is 0 Å². The van der Waals surface area contributed by atoms with Crippen LogP contribution in [0.4, 0.5) is 0 Å². The maximum atomic E-state index is 2.44. The standard InChI is InChI=1S/C15H14N.C7H9.2ClH.Hf/c1-11-7-12(2)16(10-11)15-8-13-5-3-4-6-14(13)9-15;1-6-4-3-5-7(6)2;;;/h3-10H,1-2H3;4H,3H2,1-2H3;2*1H;/q;;;;+2/p-2. The zero-order valence-electron chi connectivity index (χ0n) is 15.6. The molecular weight excluding hydrogens is 528 g/mol. The molecule has 4 heteroatoms. The number of aryl methyl sites for hydroxylation is 2. The van der Waals surface area contributed by atoms with E-state index in [2.05, 4.69) is 80.9 Å². The molecule has 26 heavy (non-hydrogen) atoms. The van der Waals surface area contributed by atoms with Gasteiger partial charge in [0, 0.05) is 0 Å². The van der Waals surface area contributed by atoms with E-state index in [9.17, 15) is 0 Å². The fourth-order valence-corrected chi connectivity index (χ4v) is 10.2. The number of hydrogen-bond donors (Lipinski definition) is 0. The summed E-state index contributed by atoms with van der Waals surface area (Å²) < 4.78 is 4.88. The number of aromatic nitrogens is 1. The Bertz CT molecular complexity index is 918. The van der Waals surface area contributed by atoms with Crippen LogP contribution < -0.4 is 24.8 Å². The summed E-state index contributed by atoms with van der Waals surface area (Å²) in [5.41, 5.74) is 10.3. The number of nitrogens with zero attached hydrogens (tertiary/aromatic N) is 1. The molecule has 1 aromatic carbocycles. The van der Waals surface area contributed by atoms with Gasteiger partial charge >= 0.3 is 157 Å². The molecule has 1 aromatic heterocycles. The Kier molecular flexibility index (Phi) is 6.98. The van der Waals surface area contributed by atoms with Gasteiger partial charge in [-0.15, -0.1) is 0 Å². The van der Waals surface area contributed by atoms with Crippen molar-refractivity contribution in [3.05, 3.63) is 79.5 Å².